The molecular weight excluding hydrogens is 356 g/mol. The average Bonchev–Trinajstić information content (AvgIpc) is 2.83. The highest BCUT2D eigenvalue weighted by atomic mass is 16.4. The van der Waals surface area contributed by atoms with E-state index < -0.39 is 24.4 Å². The molecule has 0 amide bonds. The average molecular weight is 382 g/mol. The first-order chi connectivity index (χ1) is 13.5. The molecule has 1 atom stereocenters. The van der Waals surface area contributed by atoms with Crippen molar-refractivity contribution in [2.45, 2.75) is 31.7 Å². The summed E-state index contributed by atoms with van der Waals surface area (Å²) in [6, 6.07) is 15.8. The van der Waals surface area contributed by atoms with E-state index in [0.29, 0.717) is 6.54 Å². The van der Waals surface area contributed by atoms with Gasteiger partial charge >= 0.3 is 11.9 Å². The Morgan fingerprint density at radius 1 is 1.00 bits per heavy atom. The van der Waals surface area contributed by atoms with Gasteiger partial charge in [0, 0.05) is 24.5 Å². The van der Waals surface area contributed by atoms with Gasteiger partial charge in [0.25, 0.3) is 0 Å². The molecule has 148 valence electrons. The fourth-order valence-electron chi connectivity index (χ4n) is 3.84. The van der Waals surface area contributed by atoms with Crippen LogP contribution in [-0.2, 0) is 22.4 Å². The molecule has 2 aromatic carbocycles. The van der Waals surface area contributed by atoms with Crippen LogP contribution < -0.4 is 4.90 Å². The van der Waals surface area contributed by atoms with E-state index in [1.807, 2.05) is 12.1 Å². The first-order valence-electron chi connectivity index (χ1n) is 9.55. The normalized spacial score (nSPS) is 14.1. The Morgan fingerprint density at radius 2 is 1.54 bits per heavy atom. The lowest BCUT2D eigenvalue weighted by Crippen LogP contribution is -2.41. The van der Waals surface area contributed by atoms with Crippen LogP contribution in [0.5, 0.6) is 0 Å². The van der Waals surface area contributed by atoms with Gasteiger partial charge in [-0.15, -0.1) is 0 Å². The summed E-state index contributed by atoms with van der Waals surface area (Å²) in [4.78, 5) is 26.3. The molecule has 0 spiro atoms. The standard InChI is InChI=1S/C22H26N2O4/c1-23(20(22(27)28)15-21(25)26)13-6-14-24-18-9-4-2-7-16(18)11-12-17-8-3-5-10-19(17)24/h2-5,7-10,20H,6,11-15H2,1H3,(H,25,26)(H,27,28). The molecule has 0 aliphatic carbocycles. The molecule has 1 aliphatic heterocycles. The van der Waals surface area contributed by atoms with E-state index in [1.54, 1.807) is 11.9 Å². The van der Waals surface area contributed by atoms with Crippen molar-refractivity contribution in [2.24, 2.45) is 0 Å². The van der Waals surface area contributed by atoms with Crippen LogP contribution in [0.25, 0.3) is 0 Å². The van der Waals surface area contributed by atoms with Crippen molar-refractivity contribution in [3.05, 3.63) is 59.7 Å². The van der Waals surface area contributed by atoms with Crippen molar-refractivity contribution in [1.82, 2.24) is 4.90 Å². The van der Waals surface area contributed by atoms with Crippen molar-refractivity contribution < 1.29 is 19.8 Å². The Balaban J connectivity index is 1.75. The van der Waals surface area contributed by atoms with Crippen LogP contribution in [0.3, 0.4) is 0 Å². The summed E-state index contributed by atoms with van der Waals surface area (Å²) in [5, 5.41) is 18.3. The summed E-state index contributed by atoms with van der Waals surface area (Å²) >= 11 is 0. The molecule has 0 fully saturated rings. The minimum absolute atomic E-state index is 0.402. The number of likely N-dealkylation sites (N-methyl/N-ethyl adjacent to an activating group) is 1. The maximum Gasteiger partial charge on any atom is 0.321 e. The number of rotatable bonds is 8. The molecule has 28 heavy (non-hydrogen) atoms. The summed E-state index contributed by atoms with van der Waals surface area (Å²) in [5.74, 6) is -2.20. The molecule has 0 aromatic heterocycles. The van der Waals surface area contributed by atoms with E-state index in [1.165, 1.54) is 22.5 Å². The predicted molar refractivity (Wildman–Crippen MR) is 108 cm³/mol. The number of fused-ring (bicyclic) bond motifs is 2. The molecule has 3 rings (SSSR count). The van der Waals surface area contributed by atoms with Gasteiger partial charge in [-0.2, -0.15) is 0 Å². The van der Waals surface area contributed by atoms with Gasteiger partial charge in [-0.3, -0.25) is 14.5 Å². The van der Waals surface area contributed by atoms with Gasteiger partial charge < -0.3 is 15.1 Å². The van der Waals surface area contributed by atoms with Gasteiger partial charge in [0.2, 0.25) is 0 Å². The van der Waals surface area contributed by atoms with E-state index in [4.69, 9.17) is 5.11 Å². The summed E-state index contributed by atoms with van der Waals surface area (Å²) in [6.45, 7) is 1.24. The van der Waals surface area contributed by atoms with E-state index in [0.717, 1.165) is 25.8 Å². The number of anilines is 2. The number of hydrogen-bond acceptors (Lipinski definition) is 4. The van der Waals surface area contributed by atoms with Crippen LogP contribution in [0.15, 0.2) is 48.5 Å². The molecule has 1 aliphatic rings. The number of hydrogen-bond donors (Lipinski definition) is 2. The van der Waals surface area contributed by atoms with Gasteiger partial charge in [0.15, 0.2) is 0 Å². The Labute approximate surface area is 165 Å². The molecular formula is C22H26N2O4. The lowest BCUT2D eigenvalue weighted by atomic mass is 10.0. The van der Waals surface area contributed by atoms with Crippen LogP contribution in [0.2, 0.25) is 0 Å². The van der Waals surface area contributed by atoms with Gasteiger partial charge in [0.1, 0.15) is 6.04 Å². The third kappa shape index (κ3) is 4.51. The Morgan fingerprint density at radius 3 is 2.04 bits per heavy atom. The second kappa shape index (κ2) is 8.89. The van der Waals surface area contributed by atoms with Gasteiger partial charge in [-0.25, -0.2) is 0 Å². The van der Waals surface area contributed by atoms with Crippen molar-refractivity contribution >= 4 is 23.3 Å². The van der Waals surface area contributed by atoms with Crippen molar-refractivity contribution in [2.75, 3.05) is 25.0 Å². The fourth-order valence-corrected chi connectivity index (χ4v) is 3.84. The number of para-hydroxylation sites is 2. The molecule has 2 aromatic rings. The third-order valence-corrected chi connectivity index (χ3v) is 5.31. The van der Waals surface area contributed by atoms with Crippen LogP contribution >= 0.6 is 0 Å². The van der Waals surface area contributed by atoms with E-state index >= 15 is 0 Å². The second-order valence-corrected chi connectivity index (χ2v) is 7.20. The lowest BCUT2D eigenvalue weighted by Gasteiger charge is -2.29. The third-order valence-electron chi connectivity index (χ3n) is 5.31. The minimum Gasteiger partial charge on any atom is -0.481 e. The SMILES string of the molecule is CN(CCCN1c2ccccc2CCc2ccccc21)C(CC(=O)O)C(=O)O. The number of carboxylic acids is 2. The molecule has 1 unspecified atom stereocenters. The zero-order chi connectivity index (χ0) is 20.1. The number of carboxylic acid groups (broad SMARTS) is 2. The van der Waals surface area contributed by atoms with E-state index in [-0.39, 0.29) is 0 Å². The molecule has 1 heterocycles. The number of aryl methyl sites for hydroxylation is 2. The fraction of sp³-hybridized carbons (Fsp3) is 0.364. The monoisotopic (exact) mass is 382 g/mol. The van der Waals surface area contributed by atoms with Gasteiger partial charge in [0.05, 0.1) is 6.42 Å². The zero-order valence-electron chi connectivity index (χ0n) is 16.0. The lowest BCUT2D eigenvalue weighted by molar-refractivity contribution is -0.149. The molecule has 0 bridgehead atoms. The van der Waals surface area contributed by atoms with E-state index in [2.05, 4.69) is 41.3 Å². The number of benzene rings is 2. The smallest absolute Gasteiger partial charge is 0.321 e. The van der Waals surface area contributed by atoms with Gasteiger partial charge in [-0.1, -0.05) is 36.4 Å². The molecule has 2 N–H and O–H groups in total. The number of carbonyl (C=O) groups is 2. The largest absolute Gasteiger partial charge is 0.481 e. The molecule has 6 heteroatoms. The summed E-state index contributed by atoms with van der Waals surface area (Å²) in [6.07, 6.45) is 2.30. The number of nitrogens with zero attached hydrogens (tertiary/aromatic N) is 2. The number of aliphatic carboxylic acids is 2. The van der Waals surface area contributed by atoms with Crippen molar-refractivity contribution in [1.29, 1.82) is 0 Å². The Bertz CT molecular complexity index is 804. The second-order valence-electron chi connectivity index (χ2n) is 7.20. The summed E-state index contributed by atoms with van der Waals surface area (Å²) in [7, 11) is 1.67. The zero-order valence-corrected chi connectivity index (χ0v) is 16.0. The minimum atomic E-state index is -1.10. The first-order valence-corrected chi connectivity index (χ1v) is 9.55. The Hall–Kier alpha value is -2.86. The highest BCUT2D eigenvalue weighted by Gasteiger charge is 2.26. The van der Waals surface area contributed by atoms with Crippen molar-refractivity contribution in [3.8, 4) is 0 Å². The molecule has 0 saturated heterocycles. The predicted octanol–water partition coefficient (Wildman–Crippen LogP) is 3.17. The molecule has 0 saturated carbocycles. The Kier molecular flexibility index (Phi) is 6.31. The highest BCUT2D eigenvalue weighted by Crippen LogP contribution is 2.35. The van der Waals surface area contributed by atoms with Crippen molar-refractivity contribution in [3.63, 3.8) is 0 Å². The highest BCUT2D eigenvalue weighted by molar-refractivity contribution is 5.80. The first kappa shape index (κ1) is 19.9. The maximum atomic E-state index is 11.4. The summed E-state index contributed by atoms with van der Waals surface area (Å²) in [5.41, 5.74) is 4.99. The van der Waals surface area contributed by atoms with Gasteiger partial charge in [-0.05, 0) is 49.6 Å². The van der Waals surface area contributed by atoms with Crippen LogP contribution in [-0.4, -0.2) is 53.2 Å². The van der Waals surface area contributed by atoms with Crippen LogP contribution in [0, 0.1) is 0 Å². The van der Waals surface area contributed by atoms with Crippen LogP contribution in [0.4, 0.5) is 11.4 Å². The maximum absolute atomic E-state index is 11.4. The van der Waals surface area contributed by atoms with Crippen LogP contribution in [0.1, 0.15) is 24.0 Å². The summed E-state index contributed by atoms with van der Waals surface area (Å²) < 4.78 is 0. The quantitative estimate of drug-likeness (QED) is 0.730. The van der Waals surface area contributed by atoms with E-state index in [9.17, 15) is 14.7 Å². The molecule has 0 radical (unpaired) electrons. The topological polar surface area (TPSA) is 81.1 Å². The molecule has 6 nitrogen and oxygen atoms in total.